The first-order valence-electron chi connectivity index (χ1n) is 6.98. The standard InChI is InChI=1S/C14H14F2N4O2S2/c15-13(16)10-7-9-8(3-5-18-14(9)20-10)11-1-2-12(23-11)24(21,22)19-6-4-17/h1-3,5,7,13,19H,4,6,17H2,(H,18,20). The molecular weight excluding hydrogens is 358 g/mol. The van der Waals surface area contributed by atoms with Gasteiger partial charge in [-0.15, -0.1) is 11.3 Å². The molecule has 6 nitrogen and oxygen atoms in total. The van der Waals surface area contributed by atoms with Crippen LogP contribution in [0.5, 0.6) is 0 Å². The number of nitrogens with two attached hydrogens (primary N) is 1. The normalized spacial score (nSPS) is 12.3. The summed E-state index contributed by atoms with van der Waals surface area (Å²) in [7, 11) is -3.63. The minimum atomic E-state index is -3.63. The van der Waals surface area contributed by atoms with E-state index in [1.807, 2.05) is 0 Å². The van der Waals surface area contributed by atoms with Crippen molar-refractivity contribution in [2.24, 2.45) is 5.73 Å². The first kappa shape index (κ1) is 17.0. The fraction of sp³-hybridized carbons (Fsp3) is 0.214. The molecule has 0 spiro atoms. The van der Waals surface area contributed by atoms with E-state index >= 15 is 0 Å². The summed E-state index contributed by atoms with van der Waals surface area (Å²) in [4.78, 5) is 7.26. The number of pyridine rings is 1. The first-order valence-corrected chi connectivity index (χ1v) is 9.28. The third kappa shape index (κ3) is 3.18. The quantitative estimate of drug-likeness (QED) is 0.619. The van der Waals surface area contributed by atoms with E-state index in [4.69, 9.17) is 5.73 Å². The first-order chi connectivity index (χ1) is 11.4. The fourth-order valence-corrected chi connectivity index (χ4v) is 4.69. The predicted octanol–water partition coefficient (Wildman–Crippen LogP) is 2.47. The molecule has 3 heterocycles. The van der Waals surface area contributed by atoms with Crippen molar-refractivity contribution in [3.63, 3.8) is 0 Å². The van der Waals surface area contributed by atoms with Gasteiger partial charge in [-0.05, 0) is 24.3 Å². The summed E-state index contributed by atoms with van der Waals surface area (Å²) < 4.78 is 52.5. The number of aromatic nitrogens is 2. The zero-order chi connectivity index (χ0) is 17.3. The largest absolute Gasteiger partial charge is 0.338 e. The molecule has 0 aliphatic carbocycles. The van der Waals surface area contributed by atoms with Crippen molar-refractivity contribution < 1.29 is 17.2 Å². The zero-order valence-corrected chi connectivity index (χ0v) is 13.9. The fourth-order valence-electron chi connectivity index (χ4n) is 2.25. The van der Waals surface area contributed by atoms with Crippen molar-refractivity contribution in [3.8, 4) is 10.4 Å². The van der Waals surface area contributed by atoms with Gasteiger partial charge in [-0.3, -0.25) is 0 Å². The Morgan fingerprint density at radius 3 is 2.83 bits per heavy atom. The summed E-state index contributed by atoms with van der Waals surface area (Å²) in [6, 6.07) is 6.13. The molecule has 3 aromatic rings. The molecule has 128 valence electrons. The monoisotopic (exact) mass is 372 g/mol. The maximum Gasteiger partial charge on any atom is 0.278 e. The lowest BCUT2D eigenvalue weighted by atomic mass is 10.1. The second kappa shape index (κ2) is 6.55. The zero-order valence-electron chi connectivity index (χ0n) is 12.3. The number of thiophene rings is 1. The van der Waals surface area contributed by atoms with Gasteiger partial charge in [0.15, 0.2) is 0 Å². The molecule has 0 aromatic carbocycles. The van der Waals surface area contributed by atoms with Crippen LogP contribution in [0, 0.1) is 0 Å². The highest BCUT2D eigenvalue weighted by Crippen LogP contribution is 2.36. The smallest absolute Gasteiger partial charge is 0.278 e. The minimum Gasteiger partial charge on any atom is -0.338 e. The lowest BCUT2D eigenvalue weighted by Gasteiger charge is -2.02. The Labute approximate surface area is 140 Å². The second-order valence-electron chi connectivity index (χ2n) is 4.95. The lowest BCUT2D eigenvalue weighted by molar-refractivity contribution is 0.147. The van der Waals surface area contributed by atoms with E-state index in [1.165, 1.54) is 18.3 Å². The third-order valence-corrected chi connectivity index (χ3v) is 6.41. The summed E-state index contributed by atoms with van der Waals surface area (Å²) in [5, 5.41) is 0.522. The van der Waals surface area contributed by atoms with Crippen LogP contribution in [0.3, 0.4) is 0 Å². The Hall–Kier alpha value is -1.88. The van der Waals surface area contributed by atoms with Crippen LogP contribution in [0.1, 0.15) is 12.1 Å². The molecule has 0 aliphatic rings. The molecule has 3 rings (SSSR count). The van der Waals surface area contributed by atoms with Gasteiger partial charge < -0.3 is 10.7 Å². The van der Waals surface area contributed by atoms with Crippen LogP contribution in [0.4, 0.5) is 8.78 Å². The topological polar surface area (TPSA) is 101 Å². The lowest BCUT2D eigenvalue weighted by Crippen LogP contribution is -2.28. The number of sulfonamides is 1. The summed E-state index contributed by atoms with van der Waals surface area (Å²) in [5.74, 6) is 0. The van der Waals surface area contributed by atoms with Gasteiger partial charge in [0.25, 0.3) is 6.43 Å². The summed E-state index contributed by atoms with van der Waals surface area (Å²) in [6.45, 7) is 0.340. The molecule has 0 fully saturated rings. The highest BCUT2D eigenvalue weighted by atomic mass is 32.2. The van der Waals surface area contributed by atoms with Gasteiger partial charge in [-0.1, -0.05) is 0 Å². The molecule has 0 saturated carbocycles. The van der Waals surface area contributed by atoms with E-state index in [2.05, 4.69) is 14.7 Å². The van der Waals surface area contributed by atoms with Crippen LogP contribution in [0.15, 0.2) is 34.7 Å². The maximum absolute atomic E-state index is 12.9. The summed E-state index contributed by atoms with van der Waals surface area (Å²) in [6.07, 6.45) is -1.14. The van der Waals surface area contributed by atoms with Crippen molar-refractivity contribution >= 4 is 32.4 Å². The molecule has 0 aliphatic heterocycles. The van der Waals surface area contributed by atoms with E-state index in [1.54, 1.807) is 12.1 Å². The summed E-state index contributed by atoms with van der Waals surface area (Å²) in [5.41, 5.74) is 6.06. The van der Waals surface area contributed by atoms with E-state index in [-0.39, 0.29) is 23.0 Å². The Morgan fingerprint density at radius 2 is 2.12 bits per heavy atom. The van der Waals surface area contributed by atoms with Crippen LogP contribution >= 0.6 is 11.3 Å². The molecule has 10 heteroatoms. The van der Waals surface area contributed by atoms with Crippen molar-refractivity contribution in [1.82, 2.24) is 14.7 Å². The van der Waals surface area contributed by atoms with Crippen molar-refractivity contribution in [2.75, 3.05) is 13.1 Å². The SMILES string of the molecule is NCCNS(=O)(=O)c1ccc(-c2ccnc3[nH]c(C(F)F)cc23)s1. The predicted molar refractivity (Wildman–Crippen MR) is 88.6 cm³/mol. The van der Waals surface area contributed by atoms with Gasteiger partial charge in [0.1, 0.15) is 9.86 Å². The van der Waals surface area contributed by atoms with Crippen LogP contribution in [0.2, 0.25) is 0 Å². The van der Waals surface area contributed by atoms with E-state index in [9.17, 15) is 17.2 Å². The number of nitrogens with one attached hydrogen (secondary N) is 2. The van der Waals surface area contributed by atoms with Crippen molar-refractivity contribution in [3.05, 3.63) is 36.2 Å². The summed E-state index contributed by atoms with van der Waals surface area (Å²) >= 11 is 1.06. The molecular formula is C14H14F2N4O2S2. The number of hydrogen-bond acceptors (Lipinski definition) is 5. The average Bonchev–Trinajstić information content (AvgIpc) is 3.19. The minimum absolute atomic E-state index is 0.139. The highest BCUT2D eigenvalue weighted by molar-refractivity contribution is 7.91. The third-order valence-electron chi connectivity index (χ3n) is 3.34. The van der Waals surface area contributed by atoms with Gasteiger partial charge in [-0.25, -0.2) is 26.9 Å². The number of hydrogen-bond donors (Lipinski definition) is 3. The van der Waals surface area contributed by atoms with Crippen LogP contribution in [0.25, 0.3) is 21.5 Å². The van der Waals surface area contributed by atoms with Crippen molar-refractivity contribution in [1.29, 1.82) is 0 Å². The number of H-pyrrole nitrogens is 1. The molecule has 3 aromatic heterocycles. The Morgan fingerprint density at radius 1 is 1.33 bits per heavy atom. The number of halogens is 2. The maximum atomic E-state index is 12.9. The molecule has 0 amide bonds. The van der Waals surface area contributed by atoms with Crippen LogP contribution in [-0.2, 0) is 10.0 Å². The number of rotatable bonds is 6. The highest BCUT2D eigenvalue weighted by Gasteiger charge is 2.19. The van der Waals surface area contributed by atoms with Gasteiger partial charge >= 0.3 is 0 Å². The molecule has 0 unspecified atom stereocenters. The number of fused-ring (bicyclic) bond motifs is 1. The van der Waals surface area contributed by atoms with Gasteiger partial charge in [-0.2, -0.15) is 0 Å². The van der Waals surface area contributed by atoms with Crippen LogP contribution in [-0.4, -0.2) is 31.5 Å². The Bertz CT molecular complexity index is 966. The van der Waals surface area contributed by atoms with Gasteiger partial charge in [0.2, 0.25) is 10.0 Å². The molecule has 24 heavy (non-hydrogen) atoms. The molecule has 0 bridgehead atoms. The number of alkyl halides is 2. The molecule has 4 N–H and O–H groups in total. The molecule has 0 atom stereocenters. The number of nitrogens with zero attached hydrogens (tertiary/aromatic N) is 1. The van der Waals surface area contributed by atoms with E-state index in [0.717, 1.165) is 11.3 Å². The Balaban J connectivity index is 2.03. The molecule has 0 saturated heterocycles. The van der Waals surface area contributed by atoms with Crippen LogP contribution < -0.4 is 10.5 Å². The number of aromatic amines is 1. The van der Waals surface area contributed by atoms with E-state index < -0.39 is 16.4 Å². The van der Waals surface area contributed by atoms with Gasteiger partial charge in [0, 0.05) is 35.1 Å². The van der Waals surface area contributed by atoms with Gasteiger partial charge in [0.05, 0.1) is 5.69 Å². The van der Waals surface area contributed by atoms with Crippen molar-refractivity contribution in [2.45, 2.75) is 10.6 Å². The second-order valence-corrected chi connectivity index (χ2v) is 8.03. The van der Waals surface area contributed by atoms with E-state index in [0.29, 0.717) is 21.5 Å². The molecule has 0 radical (unpaired) electrons. The Kier molecular flexibility index (Phi) is 4.63. The average molecular weight is 372 g/mol.